The molecule has 2 heterocycles. The quantitative estimate of drug-likeness (QED) is 0.580. The van der Waals surface area contributed by atoms with Crippen LogP contribution < -0.4 is 9.47 Å². The number of benzene rings is 1. The summed E-state index contributed by atoms with van der Waals surface area (Å²) in [6.07, 6.45) is 1.57. The van der Waals surface area contributed by atoms with Crippen molar-refractivity contribution in [2.75, 3.05) is 38.8 Å². The lowest BCUT2D eigenvalue weighted by molar-refractivity contribution is 0.258. The Hall–Kier alpha value is -2.06. The van der Waals surface area contributed by atoms with Gasteiger partial charge in [-0.2, -0.15) is 5.10 Å². The van der Waals surface area contributed by atoms with Crippen LogP contribution in [-0.4, -0.2) is 61.9 Å². The van der Waals surface area contributed by atoms with Gasteiger partial charge in [-0.3, -0.25) is 4.68 Å². The van der Waals surface area contributed by atoms with Gasteiger partial charge in [-0.1, -0.05) is 0 Å². The molecule has 0 saturated carbocycles. The van der Waals surface area contributed by atoms with Gasteiger partial charge >= 0.3 is 0 Å². The third-order valence-corrected chi connectivity index (χ3v) is 7.22. The standard InChI is InChI=1S/C21H31N3O4S/c1-16-21(17(2)24(22-16)18-10-13-29(25,26)15-18)14-23(3)11-5-12-28-20-8-6-19(27-4)7-9-20/h6-9,18H,5,10-15H2,1-4H3/t18-/m0/s1. The van der Waals surface area contributed by atoms with E-state index in [2.05, 4.69) is 17.0 Å². The molecule has 0 aliphatic carbocycles. The minimum Gasteiger partial charge on any atom is -0.497 e. The number of sulfone groups is 1. The van der Waals surface area contributed by atoms with Crippen molar-refractivity contribution in [3.05, 3.63) is 41.2 Å². The van der Waals surface area contributed by atoms with E-state index in [9.17, 15) is 8.42 Å². The van der Waals surface area contributed by atoms with Crippen molar-refractivity contribution in [1.29, 1.82) is 0 Å². The molecule has 1 aromatic heterocycles. The van der Waals surface area contributed by atoms with Crippen molar-refractivity contribution in [3.8, 4) is 11.5 Å². The Kier molecular flexibility index (Phi) is 6.85. The number of hydrogen-bond acceptors (Lipinski definition) is 6. The van der Waals surface area contributed by atoms with Gasteiger partial charge in [0, 0.05) is 24.3 Å². The Morgan fingerprint density at radius 3 is 2.52 bits per heavy atom. The summed E-state index contributed by atoms with van der Waals surface area (Å²) in [5.41, 5.74) is 3.24. The van der Waals surface area contributed by atoms with Crippen LogP contribution in [0.15, 0.2) is 24.3 Å². The van der Waals surface area contributed by atoms with Crippen LogP contribution in [0.2, 0.25) is 0 Å². The SMILES string of the molecule is COc1ccc(OCCCN(C)Cc2c(C)nn([C@H]3CCS(=O)(=O)C3)c2C)cc1. The predicted molar refractivity (Wildman–Crippen MR) is 113 cm³/mol. The van der Waals surface area contributed by atoms with Gasteiger partial charge < -0.3 is 14.4 Å². The Labute approximate surface area is 173 Å². The highest BCUT2D eigenvalue weighted by atomic mass is 32.2. The summed E-state index contributed by atoms with van der Waals surface area (Å²) in [5, 5.41) is 4.65. The fourth-order valence-electron chi connectivity index (χ4n) is 3.80. The molecule has 160 valence electrons. The lowest BCUT2D eigenvalue weighted by atomic mass is 10.1. The molecule has 1 aliphatic heterocycles. The highest BCUT2D eigenvalue weighted by molar-refractivity contribution is 7.91. The first-order valence-electron chi connectivity index (χ1n) is 9.99. The van der Waals surface area contributed by atoms with Gasteiger partial charge in [0.25, 0.3) is 0 Å². The molecule has 2 aromatic rings. The largest absolute Gasteiger partial charge is 0.497 e. The van der Waals surface area contributed by atoms with Crippen LogP contribution in [-0.2, 0) is 16.4 Å². The predicted octanol–water partition coefficient (Wildman–Crippen LogP) is 2.77. The van der Waals surface area contributed by atoms with Gasteiger partial charge in [0.1, 0.15) is 11.5 Å². The normalized spacial score (nSPS) is 18.3. The molecule has 1 saturated heterocycles. The monoisotopic (exact) mass is 421 g/mol. The lowest BCUT2D eigenvalue weighted by Crippen LogP contribution is -2.21. The molecule has 1 aliphatic rings. The number of rotatable bonds is 9. The summed E-state index contributed by atoms with van der Waals surface area (Å²) >= 11 is 0. The van der Waals surface area contributed by atoms with E-state index in [0.717, 1.165) is 42.4 Å². The summed E-state index contributed by atoms with van der Waals surface area (Å²) in [5.74, 6) is 2.12. The zero-order valence-electron chi connectivity index (χ0n) is 17.7. The molecule has 1 aromatic carbocycles. The molecule has 0 unspecified atom stereocenters. The fraction of sp³-hybridized carbons (Fsp3) is 0.571. The average molecular weight is 422 g/mol. The molecule has 8 heteroatoms. The zero-order valence-corrected chi connectivity index (χ0v) is 18.5. The summed E-state index contributed by atoms with van der Waals surface area (Å²) < 4.78 is 36.5. The van der Waals surface area contributed by atoms with Crippen molar-refractivity contribution in [2.24, 2.45) is 0 Å². The molecule has 7 nitrogen and oxygen atoms in total. The molecular weight excluding hydrogens is 390 g/mol. The lowest BCUT2D eigenvalue weighted by Gasteiger charge is -2.18. The molecular formula is C21H31N3O4S. The Morgan fingerprint density at radius 1 is 1.21 bits per heavy atom. The summed E-state index contributed by atoms with van der Waals surface area (Å²) in [7, 11) is 0.813. The number of aryl methyl sites for hydroxylation is 1. The molecule has 0 N–H and O–H groups in total. The highest BCUT2D eigenvalue weighted by Crippen LogP contribution is 2.27. The van der Waals surface area contributed by atoms with Gasteiger partial charge in [-0.25, -0.2) is 8.42 Å². The van der Waals surface area contributed by atoms with E-state index < -0.39 is 9.84 Å². The Balaban J connectivity index is 1.49. The maximum atomic E-state index is 11.8. The summed E-state index contributed by atoms with van der Waals surface area (Å²) in [6, 6.07) is 7.57. The first-order valence-corrected chi connectivity index (χ1v) is 11.8. The van der Waals surface area contributed by atoms with Crippen molar-refractivity contribution >= 4 is 9.84 Å². The third kappa shape index (κ3) is 5.51. The maximum absolute atomic E-state index is 11.8. The van der Waals surface area contributed by atoms with Gasteiger partial charge in [0.15, 0.2) is 9.84 Å². The van der Waals surface area contributed by atoms with E-state index in [1.165, 1.54) is 5.56 Å². The third-order valence-electron chi connectivity index (χ3n) is 5.47. The van der Waals surface area contributed by atoms with Gasteiger partial charge in [-0.15, -0.1) is 0 Å². The van der Waals surface area contributed by atoms with E-state index in [-0.39, 0.29) is 17.5 Å². The molecule has 0 bridgehead atoms. The van der Waals surface area contributed by atoms with Crippen molar-refractivity contribution in [3.63, 3.8) is 0 Å². The first-order chi connectivity index (χ1) is 13.8. The van der Waals surface area contributed by atoms with Crippen LogP contribution in [0.5, 0.6) is 11.5 Å². The van der Waals surface area contributed by atoms with E-state index in [1.807, 2.05) is 42.8 Å². The number of aromatic nitrogens is 2. The number of nitrogens with zero attached hydrogens (tertiary/aromatic N) is 3. The van der Waals surface area contributed by atoms with E-state index in [1.54, 1.807) is 7.11 Å². The summed E-state index contributed by atoms with van der Waals surface area (Å²) in [4.78, 5) is 2.25. The molecule has 0 radical (unpaired) electrons. The van der Waals surface area contributed by atoms with Crippen molar-refractivity contribution in [2.45, 2.75) is 39.3 Å². The first kappa shape index (κ1) is 21.6. The second-order valence-electron chi connectivity index (χ2n) is 7.77. The van der Waals surface area contributed by atoms with Crippen LogP contribution in [0.1, 0.15) is 35.8 Å². The van der Waals surface area contributed by atoms with Crippen LogP contribution in [0, 0.1) is 13.8 Å². The van der Waals surface area contributed by atoms with Crippen LogP contribution >= 0.6 is 0 Å². The molecule has 1 fully saturated rings. The second-order valence-corrected chi connectivity index (χ2v) is 9.99. The number of ether oxygens (including phenoxy) is 2. The summed E-state index contributed by atoms with van der Waals surface area (Å²) in [6.45, 7) is 6.38. The average Bonchev–Trinajstić information content (AvgIpc) is 3.19. The van der Waals surface area contributed by atoms with E-state index >= 15 is 0 Å². The minimum atomic E-state index is -2.92. The second kappa shape index (κ2) is 9.17. The van der Waals surface area contributed by atoms with Gasteiger partial charge in [-0.05, 0) is 58.0 Å². The van der Waals surface area contributed by atoms with Crippen LogP contribution in [0.25, 0.3) is 0 Å². The van der Waals surface area contributed by atoms with E-state index in [0.29, 0.717) is 13.0 Å². The topological polar surface area (TPSA) is 73.7 Å². The molecule has 3 rings (SSSR count). The Morgan fingerprint density at radius 2 is 1.90 bits per heavy atom. The fourth-order valence-corrected chi connectivity index (χ4v) is 5.49. The molecule has 0 spiro atoms. The molecule has 29 heavy (non-hydrogen) atoms. The number of methoxy groups -OCH3 is 1. The maximum Gasteiger partial charge on any atom is 0.152 e. The van der Waals surface area contributed by atoms with Crippen molar-refractivity contribution in [1.82, 2.24) is 14.7 Å². The van der Waals surface area contributed by atoms with Crippen LogP contribution in [0.4, 0.5) is 0 Å². The Bertz CT molecular complexity index is 922. The minimum absolute atomic E-state index is 0.0318. The van der Waals surface area contributed by atoms with E-state index in [4.69, 9.17) is 9.47 Å². The molecule has 0 amide bonds. The van der Waals surface area contributed by atoms with Crippen LogP contribution in [0.3, 0.4) is 0 Å². The van der Waals surface area contributed by atoms with Crippen molar-refractivity contribution < 1.29 is 17.9 Å². The molecule has 1 atom stereocenters. The smallest absolute Gasteiger partial charge is 0.152 e. The zero-order chi connectivity index (χ0) is 21.0. The van der Waals surface area contributed by atoms with Gasteiger partial charge in [0.2, 0.25) is 0 Å². The highest BCUT2D eigenvalue weighted by Gasteiger charge is 2.31. The van der Waals surface area contributed by atoms with Gasteiger partial charge in [0.05, 0.1) is 37.0 Å². The number of hydrogen-bond donors (Lipinski definition) is 0.